The largest absolute Gasteiger partial charge is 0.493 e. The molecule has 1 aromatic carbocycles. The zero-order valence-electron chi connectivity index (χ0n) is 11.7. The number of methoxy groups -OCH3 is 1. The Morgan fingerprint density at radius 2 is 1.95 bits per heavy atom. The van der Waals surface area contributed by atoms with Crippen molar-refractivity contribution >= 4 is 17.5 Å². The van der Waals surface area contributed by atoms with Gasteiger partial charge in [0.05, 0.1) is 7.11 Å². The number of amides is 1. The van der Waals surface area contributed by atoms with Crippen molar-refractivity contribution in [3.05, 3.63) is 24.3 Å². The van der Waals surface area contributed by atoms with Crippen molar-refractivity contribution < 1.29 is 14.3 Å². The number of benzene rings is 1. The summed E-state index contributed by atoms with van der Waals surface area (Å²) in [5, 5.41) is 0. The average Bonchev–Trinajstić information content (AvgIpc) is 2.53. The summed E-state index contributed by atoms with van der Waals surface area (Å²) in [6.45, 7) is 1.59. The second-order valence-corrected chi connectivity index (χ2v) is 5.23. The molecule has 20 heavy (non-hydrogen) atoms. The highest BCUT2D eigenvalue weighted by Gasteiger charge is 2.22. The van der Waals surface area contributed by atoms with Crippen molar-refractivity contribution in [2.45, 2.75) is 12.8 Å². The number of ether oxygens (including phenoxy) is 2. The first-order chi connectivity index (χ1) is 9.74. The number of carbonyl (C=O) groups is 1. The Morgan fingerprint density at radius 1 is 1.30 bits per heavy atom. The van der Waals surface area contributed by atoms with Gasteiger partial charge in [-0.15, -0.1) is 11.6 Å². The van der Waals surface area contributed by atoms with Crippen LogP contribution in [0.3, 0.4) is 0 Å². The van der Waals surface area contributed by atoms with E-state index in [4.69, 9.17) is 21.1 Å². The summed E-state index contributed by atoms with van der Waals surface area (Å²) in [6.07, 6.45) is 1.95. The number of carbonyl (C=O) groups excluding carboxylic acids is 1. The molecule has 110 valence electrons. The van der Waals surface area contributed by atoms with E-state index in [9.17, 15) is 4.79 Å². The predicted octanol–water partition coefficient (Wildman–Crippen LogP) is 2.55. The fourth-order valence-electron chi connectivity index (χ4n) is 2.31. The summed E-state index contributed by atoms with van der Waals surface area (Å²) in [5.74, 6) is 2.47. The molecule has 2 rings (SSSR count). The first-order valence-electron chi connectivity index (χ1n) is 6.84. The molecule has 0 bridgehead atoms. The summed E-state index contributed by atoms with van der Waals surface area (Å²) < 4.78 is 10.7. The smallest absolute Gasteiger partial charge is 0.260 e. The molecule has 1 fully saturated rings. The second kappa shape index (κ2) is 7.39. The third kappa shape index (κ3) is 3.79. The maximum Gasteiger partial charge on any atom is 0.260 e. The monoisotopic (exact) mass is 297 g/mol. The van der Waals surface area contributed by atoms with Crippen LogP contribution in [0.4, 0.5) is 0 Å². The van der Waals surface area contributed by atoms with E-state index in [1.807, 2.05) is 23.1 Å². The van der Waals surface area contributed by atoms with E-state index >= 15 is 0 Å². The Morgan fingerprint density at radius 3 is 2.55 bits per heavy atom. The van der Waals surface area contributed by atoms with Crippen LogP contribution in [0.5, 0.6) is 11.5 Å². The van der Waals surface area contributed by atoms with Crippen LogP contribution in [0.25, 0.3) is 0 Å². The van der Waals surface area contributed by atoms with Gasteiger partial charge < -0.3 is 14.4 Å². The van der Waals surface area contributed by atoms with Crippen molar-refractivity contribution in [3.63, 3.8) is 0 Å². The third-order valence-corrected chi connectivity index (χ3v) is 4.04. The summed E-state index contributed by atoms with van der Waals surface area (Å²) in [4.78, 5) is 13.9. The van der Waals surface area contributed by atoms with E-state index in [1.165, 1.54) is 0 Å². The van der Waals surface area contributed by atoms with E-state index in [1.54, 1.807) is 13.2 Å². The summed E-state index contributed by atoms with van der Waals surface area (Å²) in [6, 6.07) is 7.33. The molecule has 0 aliphatic carbocycles. The Balaban J connectivity index is 1.83. The number of nitrogens with zero attached hydrogens (tertiary/aromatic N) is 1. The fraction of sp³-hybridized carbons (Fsp3) is 0.533. The maximum atomic E-state index is 12.1. The molecule has 0 saturated carbocycles. The zero-order valence-corrected chi connectivity index (χ0v) is 12.4. The van der Waals surface area contributed by atoms with Gasteiger partial charge in [0.2, 0.25) is 0 Å². The van der Waals surface area contributed by atoms with Crippen molar-refractivity contribution in [3.8, 4) is 11.5 Å². The second-order valence-electron chi connectivity index (χ2n) is 4.92. The highest BCUT2D eigenvalue weighted by atomic mass is 35.5. The van der Waals surface area contributed by atoms with E-state index < -0.39 is 0 Å². The van der Waals surface area contributed by atoms with Crippen LogP contribution in [0.15, 0.2) is 24.3 Å². The number of para-hydroxylation sites is 2. The lowest BCUT2D eigenvalue weighted by atomic mass is 9.99. The van der Waals surface area contributed by atoms with Gasteiger partial charge in [0.1, 0.15) is 0 Å². The van der Waals surface area contributed by atoms with Crippen molar-refractivity contribution in [1.82, 2.24) is 4.90 Å². The highest BCUT2D eigenvalue weighted by molar-refractivity contribution is 6.18. The topological polar surface area (TPSA) is 38.8 Å². The minimum atomic E-state index is 0.0175. The predicted molar refractivity (Wildman–Crippen MR) is 78.5 cm³/mol. The molecular formula is C15H20ClNO3. The Hall–Kier alpha value is -1.42. The third-order valence-electron chi connectivity index (χ3n) is 3.61. The van der Waals surface area contributed by atoms with Crippen molar-refractivity contribution in [2.75, 3.05) is 32.7 Å². The van der Waals surface area contributed by atoms with E-state index in [0.717, 1.165) is 25.9 Å². The van der Waals surface area contributed by atoms with Gasteiger partial charge in [0, 0.05) is 19.0 Å². The first kappa shape index (κ1) is 15.0. The van der Waals surface area contributed by atoms with Crippen LogP contribution < -0.4 is 9.47 Å². The minimum Gasteiger partial charge on any atom is -0.493 e. The quantitative estimate of drug-likeness (QED) is 0.784. The molecule has 0 spiro atoms. The van der Waals surface area contributed by atoms with Gasteiger partial charge >= 0.3 is 0 Å². The van der Waals surface area contributed by atoms with Gasteiger partial charge in [-0.1, -0.05) is 12.1 Å². The van der Waals surface area contributed by atoms with Gasteiger partial charge in [0.15, 0.2) is 18.1 Å². The molecule has 4 nitrogen and oxygen atoms in total. The van der Waals surface area contributed by atoms with Gasteiger partial charge in [-0.2, -0.15) is 0 Å². The van der Waals surface area contributed by atoms with Gasteiger partial charge in [-0.25, -0.2) is 0 Å². The minimum absolute atomic E-state index is 0.0175. The van der Waals surface area contributed by atoms with E-state index in [2.05, 4.69) is 0 Å². The molecule has 0 N–H and O–H groups in total. The Labute approximate surface area is 124 Å². The molecule has 5 heteroatoms. The molecule has 1 aromatic rings. The first-order valence-corrected chi connectivity index (χ1v) is 7.37. The molecule has 1 heterocycles. The molecule has 1 saturated heterocycles. The number of hydrogen-bond donors (Lipinski definition) is 0. The molecule has 0 unspecified atom stereocenters. The average molecular weight is 298 g/mol. The van der Waals surface area contributed by atoms with Crippen LogP contribution in [0.2, 0.25) is 0 Å². The van der Waals surface area contributed by atoms with Gasteiger partial charge in [0.25, 0.3) is 5.91 Å². The number of likely N-dealkylation sites (tertiary alicyclic amines) is 1. The SMILES string of the molecule is COc1ccccc1OCC(=O)N1CCC(CCl)CC1. The lowest BCUT2D eigenvalue weighted by Gasteiger charge is -2.31. The van der Waals surface area contributed by atoms with Crippen LogP contribution in [-0.2, 0) is 4.79 Å². The van der Waals surface area contributed by atoms with Crippen LogP contribution in [-0.4, -0.2) is 43.5 Å². The number of rotatable bonds is 5. The maximum absolute atomic E-state index is 12.1. The standard InChI is InChI=1S/C15H20ClNO3/c1-19-13-4-2-3-5-14(13)20-11-15(18)17-8-6-12(10-16)7-9-17/h2-5,12H,6-11H2,1H3. The Kier molecular flexibility index (Phi) is 5.53. The normalized spacial score (nSPS) is 16.0. The van der Waals surface area contributed by atoms with Gasteiger partial charge in [-0.05, 0) is 30.9 Å². The zero-order chi connectivity index (χ0) is 14.4. The molecule has 1 aliphatic rings. The summed E-state index contributed by atoms with van der Waals surface area (Å²) in [7, 11) is 1.58. The Bertz CT molecular complexity index is 444. The molecule has 0 aromatic heterocycles. The fourth-order valence-corrected chi connectivity index (χ4v) is 2.61. The highest BCUT2D eigenvalue weighted by Crippen LogP contribution is 2.26. The molecule has 1 aliphatic heterocycles. The van der Waals surface area contributed by atoms with E-state index in [0.29, 0.717) is 23.3 Å². The number of halogens is 1. The summed E-state index contributed by atoms with van der Waals surface area (Å²) in [5.41, 5.74) is 0. The summed E-state index contributed by atoms with van der Waals surface area (Å²) >= 11 is 5.84. The molecule has 0 atom stereocenters. The van der Waals surface area contributed by atoms with Gasteiger partial charge in [-0.3, -0.25) is 4.79 Å². The lowest BCUT2D eigenvalue weighted by molar-refractivity contribution is -0.134. The van der Waals surface area contributed by atoms with E-state index in [-0.39, 0.29) is 12.5 Å². The molecule has 1 amide bonds. The lowest BCUT2D eigenvalue weighted by Crippen LogP contribution is -2.41. The van der Waals surface area contributed by atoms with Crippen LogP contribution in [0, 0.1) is 5.92 Å². The van der Waals surface area contributed by atoms with Crippen molar-refractivity contribution in [1.29, 1.82) is 0 Å². The molecular weight excluding hydrogens is 278 g/mol. The van der Waals surface area contributed by atoms with Crippen molar-refractivity contribution in [2.24, 2.45) is 5.92 Å². The van der Waals surface area contributed by atoms with Crippen LogP contribution >= 0.6 is 11.6 Å². The van der Waals surface area contributed by atoms with Crippen LogP contribution in [0.1, 0.15) is 12.8 Å². The number of piperidine rings is 1. The number of alkyl halides is 1. The molecule has 0 radical (unpaired) electrons. The number of hydrogen-bond acceptors (Lipinski definition) is 3.